The van der Waals surface area contributed by atoms with Crippen molar-refractivity contribution in [2.75, 3.05) is 0 Å². The molecule has 0 saturated carbocycles. The predicted octanol–water partition coefficient (Wildman–Crippen LogP) is 4.25. The maximum Gasteiger partial charge on any atom is 0.0406 e. The molecule has 0 aliphatic heterocycles. The fourth-order valence-electron chi connectivity index (χ4n) is 1.41. The van der Waals surface area contributed by atoms with E-state index in [0.717, 1.165) is 5.02 Å². The molecule has 0 aliphatic carbocycles. The van der Waals surface area contributed by atoms with Crippen molar-refractivity contribution < 1.29 is 0 Å². The first-order chi connectivity index (χ1) is 7.24. The number of rotatable bonds is 2. The van der Waals surface area contributed by atoms with Crippen LogP contribution < -0.4 is 0 Å². The zero-order valence-electron chi connectivity index (χ0n) is 8.57. The summed E-state index contributed by atoms with van der Waals surface area (Å²) in [5, 5.41) is 0.774. The van der Waals surface area contributed by atoms with Gasteiger partial charge in [-0.25, -0.2) is 0 Å². The van der Waals surface area contributed by atoms with Crippen molar-refractivity contribution in [3.63, 3.8) is 0 Å². The van der Waals surface area contributed by atoms with E-state index < -0.39 is 0 Å². The third-order valence-corrected chi connectivity index (χ3v) is 2.53. The highest BCUT2D eigenvalue weighted by molar-refractivity contribution is 6.30. The van der Waals surface area contributed by atoms with Crippen molar-refractivity contribution >= 4 is 11.6 Å². The van der Waals surface area contributed by atoms with Gasteiger partial charge >= 0.3 is 0 Å². The van der Waals surface area contributed by atoms with E-state index in [1.165, 1.54) is 16.7 Å². The second kappa shape index (κ2) is 4.50. The van der Waals surface area contributed by atoms with Gasteiger partial charge in [-0.15, -0.1) is 0 Å². The van der Waals surface area contributed by atoms with Crippen LogP contribution in [0.2, 0.25) is 5.02 Å². The molecule has 0 bridgehead atoms. The van der Waals surface area contributed by atoms with Crippen LogP contribution in [-0.4, -0.2) is 0 Å². The molecule has 2 aromatic rings. The maximum atomic E-state index is 5.82. The average Bonchev–Trinajstić information content (AvgIpc) is 2.25. The first-order valence-corrected chi connectivity index (χ1v) is 5.29. The summed E-state index contributed by atoms with van der Waals surface area (Å²) >= 11 is 5.82. The lowest BCUT2D eigenvalue weighted by atomic mass is 10.0. The molecule has 2 aromatic carbocycles. The lowest BCUT2D eigenvalue weighted by Crippen LogP contribution is -1.84. The summed E-state index contributed by atoms with van der Waals surface area (Å²) in [5.41, 5.74) is 3.66. The third kappa shape index (κ3) is 2.84. The summed E-state index contributed by atoms with van der Waals surface area (Å²) in [6.45, 7) is 2.09. The molecule has 0 N–H and O–H groups in total. The van der Waals surface area contributed by atoms with Crippen LogP contribution in [0.25, 0.3) is 0 Å². The zero-order valence-corrected chi connectivity index (χ0v) is 9.33. The molecule has 0 spiro atoms. The fourth-order valence-corrected chi connectivity index (χ4v) is 1.54. The molecule has 0 amide bonds. The van der Waals surface area contributed by atoms with Gasteiger partial charge in [-0.3, -0.25) is 0 Å². The van der Waals surface area contributed by atoms with Crippen LogP contribution in [0.15, 0.2) is 48.5 Å². The molecule has 0 heterocycles. The quantitative estimate of drug-likeness (QED) is 0.703. The standard InChI is InChI=1S/C14H12Cl/c1-11-2-4-12(5-3-11)10-13-6-8-14(15)9-7-13/h2-10H,1H3. The fraction of sp³-hybridized carbons (Fsp3) is 0.0714. The van der Waals surface area contributed by atoms with Crippen LogP contribution in [0.5, 0.6) is 0 Å². The van der Waals surface area contributed by atoms with Gasteiger partial charge in [-0.2, -0.15) is 0 Å². The molecule has 0 saturated heterocycles. The molecule has 0 unspecified atom stereocenters. The lowest BCUT2D eigenvalue weighted by molar-refractivity contribution is 1.39. The SMILES string of the molecule is Cc1ccc([CH]c2ccc(Cl)cc2)cc1. The van der Waals surface area contributed by atoms with E-state index in [1.807, 2.05) is 24.3 Å². The number of aryl methyl sites for hydroxylation is 1. The number of hydrogen-bond donors (Lipinski definition) is 0. The maximum absolute atomic E-state index is 5.82. The minimum Gasteiger partial charge on any atom is -0.0843 e. The van der Waals surface area contributed by atoms with Gasteiger partial charge < -0.3 is 0 Å². The van der Waals surface area contributed by atoms with E-state index in [4.69, 9.17) is 11.6 Å². The molecule has 0 aromatic heterocycles. The van der Waals surface area contributed by atoms with Crippen LogP contribution in [0, 0.1) is 13.3 Å². The Morgan fingerprint density at radius 2 is 1.27 bits per heavy atom. The first kappa shape index (κ1) is 10.3. The smallest absolute Gasteiger partial charge is 0.0406 e. The van der Waals surface area contributed by atoms with Crippen molar-refractivity contribution in [3.8, 4) is 0 Å². The molecular formula is C14H12Cl. The normalized spacial score (nSPS) is 10.3. The molecule has 0 nitrogen and oxygen atoms in total. The summed E-state index contributed by atoms with van der Waals surface area (Å²) in [6.07, 6.45) is 2.13. The number of halogens is 1. The average molecular weight is 216 g/mol. The summed E-state index contributed by atoms with van der Waals surface area (Å²) in [7, 11) is 0. The van der Waals surface area contributed by atoms with Crippen molar-refractivity contribution in [3.05, 3.63) is 76.7 Å². The van der Waals surface area contributed by atoms with Gasteiger partial charge in [-0.05, 0) is 30.2 Å². The molecule has 15 heavy (non-hydrogen) atoms. The number of hydrogen-bond acceptors (Lipinski definition) is 0. The van der Waals surface area contributed by atoms with E-state index in [9.17, 15) is 0 Å². The number of benzene rings is 2. The van der Waals surface area contributed by atoms with E-state index in [2.05, 4.69) is 37.6 Å². The molecule has 1 heteroatoms. The van der Waals surface area contributed by atoms with Gasteiger partial charge in [0.25, 0.3) is 0 Å². The minimum atomic E-state index is 0.774. The summed E-state index contributed by atoms with van der Waals surface area (Å²) in [5.74, 6) is 0. The predicted molar refractivity (Wildman–Crippen MR) is 65.1 cm³/mol. The molecule has 75 valence electrons. The van der Waals surface area contributed by atoms with E-state index in [0.29, 0.717) is 0 Å². The molecule has 0 fully saturated rings. The van der Waals surface area contributed by atoms with Crippen LogP contribution >= 0.6 is 11.6 Å². The van der Waals surface area contributed by atoms with Crippen LogP contribution in [0.1, 0.15) is 16.7 Å². The minimum absolute atomic E-state index is 0.774. The van der Waals surface area contributed by atoms with Crippen molar-refractivity contribution in [1.82, 2.24) is 0 Å². The van der Waals surface area contributed by atoms with Gasteiger partial charge in [0.2, 0.25) is 0 Å². The second-order valence-electron chi connectivity index (χ2n) is 3.61. The highest BCUT2D eigenvalue weighted by Gasteiger charge is 1.96. The van der Waals surface area contributed by atoms with Gasteiger partial charge in [0.1, 0.15) is 0 Å². The van der Waals surface area contributed by atoms with E-state index in [1.54, 1.807) is 0 Å². The molecule has 1 radical (unpaired) electrons. The van der Waals surface area contributed by atoms with E-state index >= 15 is 0 Å². The first-order valence-electron chi connectivity index (χ1n) is 4.91. The lowest BCUT2D eigenvalue weighted by Gasteiger charge is -2.02. The summed E-state index contributed by atoms with van der Waals surface area (Å²) < 4.78 is 0. The Morgan fingerprint density at radius 1 is 0.800 bits per heavy atom. The Kier molecular flexibility index (Phi) is 3.08. The monoisotopic (exact) mass is 215 g/mol. The van der Waals surface area contributed by atoms with Gasteiger partial charge in [0, 0.05) is 11.4 Å². The third-order valence-electron chi connectivity index (χ3n) is 2.28. The topological polar surface area (TPSA) is 0 Å². The molecular weight excluding hydrogens is 204 g/mol. The second-order valence-corrected chi connectivity index (χ2v) is 4.04. The highest BCUT2D eigenvalue weighted by atomic mass is 35.5. The Hall–Kier alpha value is -1.27. The summed E-state index contributed by atoms with van der Waals surface area (Å²) in [6, 6.07) is 16.3. The Labute approximate surface area is 95.5 Å². The van der Waals surface area contributed by atoms with Crippen molar-refractivity contribution in [2.24, 2.45) is 0 Å². The highest BCUT2D eigenvalue weighted by Crippen LogP contribution is 2.15. The Bertz CT molecular complexity index is 382. The van der Waals surface area contributed by atoms with Gasteiger partial charge in [0.15, 0.2) is 0 Å². The van der Waals surface area contributed by atoms with Crippen LogP contribution in [0.4, 0.5) is 0 Å². The van der Waals surface area contributed by atoms with Gasteiger partial charge in [0.05, 0.1) is 0 Å². The van der Waals surface area contributed by atoms with Crippen LogP contribution in [-0.2, 0) is 0 Å². The molecule has 0 atom stereocenters. The summed E-state index contributed by atoms with van der Waals surface area (Å²) in [4.78, 5) is 0. The largest absolute Gasteiger partial charge is 0.0843 e. The molecule has 0 aliphatic rings. The Morgan fingerprint density at radius 3 is 1.80 bits per heavy atom. The van der Waals surface area contributed by atoms with Gasteiger partial charge in [-0.1, -0.05) is 53.6 Å². The molecule has 2 rings (SSSR count). The van der Waals surface area contributed by atoms with Crippen LogP contribution in [0.3, 0.4) is 0 Å². The zero-order chi connectivity index (χ0) is 10.7. The Balaban J connectivity index is 2.15. The van der Waals surface area contributed by atoms with E-state index in [-0.39, 0.29) is 0 Å². The van der Waals surface area contributed by atoms with Crippen molar-refractivity contribution in [1.29, 1.82) is 0 Å². The van der Waals surface area contributed by atoms with Crippen molar-refractivity contribution in [2.45, 2.75) is 6.92 Å².